The first-order valence-corrected chi connectivity index (χ1v) is 3.67. The van der Waals surface area contributed by atoms with Crippen LogP contribution in [-0.2, 0) is 9.59 Å². The van der Waals surface area contributed by atoms with E-state index in [2.05, 4.69) is 0 Å². The molecule has 62 valence electrons. The van der Waals surface area contributed by atoms with Gasteiger partial charge < -0.3 is 0 Å². The molecule has 0 radical (unpaired) electrons. The Morgan fingerprint density at radius 1 is 1.55 bits per heavy atom. The van der Waals surface area contributed by atoms with Crippen LogP contribution in [0, 0.1) is 0 Å². The molecule has 0 aromatic heterocycles. The molecule has 1 saturated heterocycles. The molecule has 1 heterocycles. The first-order chi connectivity index (χ1) is 5.09. The van der Waals surface area contributed by atoms with Crippen LogP contribution in [0.3, 0.4) is 0 Å². The zero-order valence-electron chi connectivity index (χ0n) is 6.70. The first kappa shape index (κ1) is 8.36. The third-order valence-corrected chi connectivity index (χ3v) is 2.01. The van der Waals surface area contributed by atoms with E-state index in [-0.39, 0.29) is 17.9 Å². The van der Waals surface area contributed by atoms with Gasteiger partial charge in [0.2, 0.25) is 5.78 Å². The minimum Gasteiger partial charge on any atom is -0.291 e. The SMILES string of the molecule is CCC1C(C(=O)C(C)=O)N1N. The van der Waals surface area contributed by atoms with Crippen LogP contribution in [0.2, 0.25) is 0 Å². The van der Waals surface area contributed by atoms with Gasteiger partial charge in [-0.2, -0.15) is 0 Å². The summed E-state index contributed by atoms with van der Waals surface area (Å²) in [5.41, 5.74) is 0. The molecule has 1 rings (SSSR count). The van der Waals surface area contributed by atoms with Gasteiger partial charge in [-0.05, 0) is 6.42 Å². The predicted molar refractivity (Wildman–Crippen MR) is 39.6 cm³/mol. The van der Waals surface area contributed by atoms with Crippen molar-refractivity contribution in [1.82, 2.24) is 5.01 Å². The Bertz CT molecular complexity index is 203. The largest absolute Gasteiger partial charge is 0.291 e. The molecule has 0 saturated carbocycles. The van der Waals surface area contributed by atoms with Gasteiger partial charge in [-0.3, -0.25) is 15.4 Å². The summed E-state index contributed by atoms with van der Waals surface area (Å²) in [5, 5.41) is 1.43. The lowest BCUT2D eigenvalue weighted by atomic mass is 10.1. The van der Waals surface area contributed by atoms with Crippen molar-refractivity contribution in [3.05, 3.63) is 0 Å². The minimum absolute atomic E-state index is 0.0893. The van der Waals surface area contributed by atoms with Crippen molar-refractivity contribution in [3.8, 4) is 0 Å². The van der Waals surface area contributed by atoms with Gasteiger partial charge in [0.15, 0.2) is 5.78 Å². The molecule has 0 aromatic rings. The summed E-state index contributed by atoms with van der Waals surface area (Å²) in [6.07, 6.45) is 0.820. The fourth-order valence-corrected chi connectivity index (χ4v) is 1.25. The van der Waals surface area contributed by atoms with E-state index >= 15 is 0 Å². The first-order valence-electron chi connectivity index (χ1n) is 3.67. The topological polar surface area (TPSA) is 63.2 Å². The van der Waals surface area contributed by atoms with Crippen LogP contribution < -0.4 is 5.84 Å². The average Bonchev–Trinajstić information content (AvgIpc) is 2.59. The maximum Gasteiger partial charge on any atom is 0.218 e. The molecule has 0 amide bonds. The van der Waals surface area contributed by atoms with Crippen molar-refractivity contribution >= 4 is 11.6 Å². The normalized spacial score (nSPS) is 35.0. The van der Waals surface area contributed by atoms with Crippen LogP contribution >= 0.6 is 0 Å². The molecule has 0 aliphatic carbocycles. The van der Waals surface area contributed by atoms with Crippen molar-refractivity contribution < 1.29 is 9.59 Å². The molecule has 0 bridgehead atoms. The lowest BCUT2D eigenvalue weighted by Crippen LogP contribution is -2.22. The van der Waals surface area contributed by atoms with Crippen molar-refractivity contribution in [2.24, 2.45) is 5.84 Å². The van der Waals surface area contributed by atoms with Gasteiger partial charge in [0.1, 0.15) is 6.04 Å². The van der Waals surface area contributed by atoms with Crippen LogP contribution in [0.15, 0.2) is 0 Å². The van der Waals surface area contributed by atoms with E-state index in [1.807, 2.05) is 6.92 Å². The lowest BCUT2D eigenvalue weighted by Gasteiger charge is -1.88. The van der Waals surface area contributed by atoms with Gasteiger partial charge in [0, 0.05) is 13.0 Å². The summed E-state index contributed by atoms with van der Waals surface area (Å²) in [5.74, 6) is 4.66. The molecule has 1 aliphatic heterocycles. The van der Waals surface area contributed by atoms with Gasteiger partial charge in [-0.1, -0.05) is 6.92 Å². The summed E-state index contributed by atoms with van der Waals surface area (Å²) in [6.45, 7) is 3.22. The second kappa shape index (κ2) is 2.71. The van der Waals surface area contributed by atoms with Gasteiger partial charge in [-0.15, -0.1) is 0 Å². The summed E-state index contributed by atoms with van der Waals surface area (Å²) in [6, 6.07) is -0.246. The van der Waals surface area contributed by atoms with E-state index in [1.54, 1.807) is 0 Å². The molecule has 0 aromatic carbocycles. The number of carbonyl (C=O) groups is 2. The van der Waals surface area contributed by atoms with Crippen LogP contribution in [0.4, 0.5) is 0 Å². The molecule has 1 aliphatic rings. The van der Waals surface area contributed by atoms with E-state index in [0.29, 0.717) is 0 Å². The van der Waals surface area contributed by atoms with Crippen LogP contribution in [0.1, 0.15) is 20.3 Å². The number of hydrogen-bond donors (Lipinski definition) is 1. The van der Waals surface area contributed by atoms with E-state index in [0.717, 1.165) is 6.42 Å². The van der Waals surface area contributed by atoms with Gasteiger partial charge >= 0.3 is 0 Å². The summed E-state index contributed by atoms with van der Waals surface area (Å²) < 4.78 is 0. The zero-order valence-corrected chi connectivity index (χ0v) is 6.70. The Hall–Kier alpha value is -0.740. The van der Waals surface area contributed by atoms with Crippen LogP contribution in [0.5, 0.6) is 0 Å². The Morgan fingerprint density at radius 3 is 2.36 bits per heavy atom. The number of hydrazine groups is 1. The smallest absolute Gasteiger partial charge is 0.218 e. The molecule has 11 heavy (non-hydrogen) atoms. The maximum absolute atomic E-state index is 11.0. The molecule has 2 N–H and O–H groups in total. The zero-order chi connectivity index (χ0) is 8.59. The summed E-state index contributed by atoms with van der Waals surface area (Å²) >= 11 is 0. The second-order valence-corrected chi connectivity index (χ2v) is 2.79. The molecule has 4 heteroatoms. The quantitative estimate of drug-likeness (QED) is 0.339. The lowest BCUT2D eigenvalue weighted by molar-refractivity contribution is -0.135. The third-order valence-electron chi connectivity index (χ3n) is 2.01. The van der Waals surface area contributed by atoms with Gasteiger partial charge in [-0.25, -0.2) is 5.01 Å². The number of ketones is 2. The highest BCUT2D eigenvalue weighted by atomic mass is 16.2. The van der Waals surface area contributed by atoms with E-state index in [4.69, 9.17) is 5.84 Å². The summed E-state index contributed by atoms with van der Waals surface area (Å²) in [4.78, 5) is 21.6. The fraction of sp³-hybridized carbons (Fsp3) is 0.714. The molecule has 4 nitrogen and oxygen atoms in total. The Kier molecular flexibility index (Phi) is 2.06. The summed E-state index contributed by atoms with van der Waals surface area (Å²) in [7, 11) is 0. The molecule has 3 unspecified atom stereocenters. The Morgan fingerprint density at radius 2 is 2.09 bits per heavy atom. The van der Waals surface area contributed by atoms with Crippen molar-refractivity contribution in [3.63, 3.8) is 0 Å². The van der Waals surface area contributed by atoms with Crippen molar-refractivity contribution in [2.45, 2.75) is 32.4 Å². The molecular formula is C7H12N2O2. The monoisotopic (exact) mass is 156 g/mol. The van der Waals surface area contributed by atoms with Crippen LogP contribution in [-0.4, -0.2) is 28.7 Å². The van der Waals surface area contributed by atoms with Gasteiger partial charge in [0.25, 0.3) is 0 Å². The molecular weight excluding hydrogens is 144 g/mol. The van der Waals surface area contributed by atoms with Gasteiger partial charge in [0.05, 0.1) is 0 Å². The minimum atomic E-state index is -0.401. The maximum atomic E-state index is 11.0. The van der Waals surface area contributed by atoms with E-state index < -0.39 is 5.78 Å². The van der Waals surface area contributed by atoms with E-state index in [9.17, 15) is 9.59 Å². The highest BCUT2D eigenvalue weighted by Crippen LogP contribution is 2.26. The van der Waals surface area contributed by atoms with Crippen molar-refractivity contribution in [2.75, 3.05) is 0 Å². The second-order valence-electron chi connectivity index (χ2n) is 2.79. The number of hydrogen-bond acceptors (Lipinski definition) is 4. The Labute approximate surface area is 65.3 Å². The number of Topliss-reactive ketones (excluding diaryl/α,β-unsaturated/α-hetero) is 2. The molecule has 0 spiro atoms. The highest BCUT2D eigenvalue weighted by molar-refractivity contribution is 6.39. The number of carbonyl (C=O) groups excluding carboxylic acids is 2. The third kappa shape index (κ3) is 1.32. The fourth-order valence-electron chi connectivity index (χ4n) is 1.25. The average molecular weight is 156 g/mol. The predicted octanol–water partition coefficient (Wildman–Crippen LogP) is -0.519. The standard InChI is InChI=1S/C7H12N2O2/c1-3-5-6(9(5)8)7(11)4(2)10/h5-6H,3,8H2,1-2H3. The molecule has 3 atom stereocenters. The number of rotatable bonds is 3. The number of nitrogens with zero attached hydrogens (tertiary/aromatic N) is 1. The number of nitrogens with two attached hydrogens (primary N) is 1. The molecule has 1 fully saturated rings. The van der Waals surface area contributed by atoms with Crippen molar-refractivity contribution in [1.29, 1.82) is 0 Å². The Balaban J connectivity index is 2.53. The highest BCUT2D eigenvalue weighted by Gasteiger charge is 2.50. The van der Waals surface area contributed by atoms with E-state index in [1.165, 1.54) is 11.9 Å². The van der Waals surface area contributed by atoms with Crippen LogP contribution in [0.25, 0.3) is 0 Å².